The van der Waals surface area contributed by atoms with E-state index in [1.165, 1.54) is 0 Å². The van der Waals surface area contributed by atoms with Gasteiger partial charge in [0.1, 0.15) is 0 Å². The van der Waals surface area contributed by atoms with Gasteiger partial charge >= 0.3 is 0 Å². The van der Waals surface area contributed by atoms with Gasteiger partial charge in [-0.1, -0.05) is 37.6 Å². The van der Waals surface area contributed by atoms with Gasteiger partial charge in [-0.15, -0.1) is 0 Å². The highest BCUT2D eigenvalue weighted by Crippen LogP contribution is 2.32. The monoisotopic (exact) mass is 381 g/mol. The molecule has 0 aliphatic carbocycles. The average Bonchev–Trinajstić information content (AvgIpc) is 2.92. The van der Waals surface area contributed by atoms with Crippen molar-refractivity contribution in [3.05, 3.63) is 59.7 Å². The molecule has 138 valence electrons. The van der Waals surface area contributed by atoms with Crippen molar-refractivity contribution in [1.82, 2.24) is 5.32 Å². The molecule has 1 aliphatic rings. The molecule has 1 aliphatic heterocycles. The summed E-state index contributed by atoms with van der Waals surface area (Å²) in [5, 5.41) is 5.57. The van der Waals surface area contributed by atoms with E-state index in [-0.39, 0.29) is 22.5 Å². The first-order chi connectivity index (χ1) is 13.0. The van der Waals surface area contributed by atoms with E-state index in [1.54, 1.807) is 42.5 Å². The SMILES string of the molecule is CCCCC(=O)NC(=S)Nc1cccc2c1C(=O)N(c1ccccc1)C2=O. The fourth-order valence-corrected chi connectivity index (χ4v) is 3.10. The van der Waals surface area contributed by atoms with Crippen molar-refractivity contribution in [3.63, 3.8) is 0 Å². The minimum atomic E-state index is -0.426. The summed E-state index contributed by atoms with van der Waals surface area (Å²) in [6, 6.07) is 13.7. The number of amides is 3. The van der Waals surface area contributed by atoms with Gasteiger partial charge < -0.3 is 10.6 Å². The Labute approximate surface area is 162 Å². The lowest BCUT2D eigenvalue weighted by Gasteiger charge is -2.14. The van der Waals surface area contributed by atoms with Crippen molar-refractivity contribution in [2.45, 2.75) is 26.2 Å². The second-order valence-corrected chi connectivity index (χ2v) is 6.52. The van der Waals surface area contributed by atoms with Gasteiger partial charge in [0.25, 0.3) is 11.8 Å². The number of para-hydroxylation sites is 1. The highest BCUT2D eigenvalue weighted by molar-refractivity contribution is 7.80. The number of hydrogen-bond donors (Lipinski definition) is 2. The molecule has 0 saturated heterocycles. The van der Waals surface area contributed by atoms with Gasteiger partial charge in [-0.2, -0.15) is 0 Å². The normalized spacial score (nSPS) is 12.7. The molecule has 0 aromatic heterocycles. The van der Waals surface area contributed by atoms with Crippen LogP contribution in [0.3, 0.4) is 0 Å². The second kappa shape index (κ2) is 8.09. The summed E-state index contributed by atoms with van der Waals surface area (Å²) in [6.07, 6.45) is 2.06. The molecule has 0 unspecified atom stereocenters. The lowest BCUT2D eigenvalue weighted by Crippen LogP contribution is -2.34. The Bertz CT molecular complexity index is 912. The zero-order chi connectivity index (χ0) is 19.4. The van der Waals surface area contributed by atoms with Crippen LogP contribution in [0.5, 0.6) is 0 Å². The van der Waals surface area contributed by atoms with Crippen molar-refractivity contribution < 1.29 is 14.4 Å². The molecule has 3 amide bonds. The number of carbonyl (C=O) groups excluding carboxylic acids is 3. The Morgan fingerprint density at radius 2 is 1.78 bits per heavy atom. The van der Waals surface area contributed by atoms with Crippen LogP contribution in [0, 0.1) is 0 Å². The first kappa shape index (κ1) is 18.7. The first-order valence-corrected chi connectivity index (χ1v) is 9.11. The summed E-state index contributed by atoms with van der Waals surface area (Å²) in [5.41, 5.74) is 1.45. The van der Waals surface area contributed by atoms with E-state index < -0.39 is 5.91 Å². The predicted molar refractivity (Wildman–Crippen MR) is 108 cm³/mol. The largest absolute Gasteiger partial charge is 0.332 e. The Morgan fingerprint density at radius 3 is 2.48 bits per heavy atom. The molecule has 2 aromatic rings. The van der Waals surface area contributed by atoms with Crippen molar-refractivity contribution in [2.24, 2.45) is 0 Å². The zero-order valence-electron chi connectivity index (χ0n) is 14.8. The molecular formula is C20H19N3O3S. The van der Waals surface area contributed by atoms with E-state index in [1.807, 2.05) is 13.0 Å². The van der Waals surface area contributed by atoms with Gasteiger partial charge in [0.05, 0.1) is 22.5 Å². The first-order valence-electron chi connectivity index (χ1n) is 8.70. The maximum Gasteiger partial charge on any atom is 0.268 e. The number of fused-ring (bicyclic) bond motifs is 1. The number of thiocarbonyl (C=S) groups is 1. The average molecular weight is 381 g/mol. The molecule has 0 spiro atoms. The zero-order valence-corrected chi connectivity index (χ0v) is 15.6. The molecule has 0 bridgehead atoms. The number of nitrogens with zero attached hydrogens (tertiary/aromatic N) is 1. The standard InChI is InChI=1S/C20H19N3O3S/c1-2-3-12-16(24)22-20(27)21-15-11-7-10-14-17(15)19(26)23(18(14)25)13-8-5-4-6-9-13/h4-11H,2-3,12H2,1H3,(H2,21,22,24,27). The maximum atomic E-state index is 12.9. The summed E-state index contributed by atoms with van der Waals surface area (Å²) >= 11 is 5.17. The topological polar surface area (TPSA) is 78.5 Å². The number of hydrogen-bond acceptors (Lipinski definition) is 4. The second-order valence-electron chi connectivity index (χ2n) is 6.12. The van der Waals surface area contributed by atoms with Crippen LogP contribution in [-0.2, 0) is 4.79 Å². The molecule has 0 saturated carbocycles. The van der Waals surface area contributed by atoms with Crippen molar-refractivity contribution in [3.8, 4) is 0 Å². The molecule has 0 fully saturated rings. The number of imide groups is 1. The Balaban J connectivity index is 1.82. The highest BCUT2D eigenvalue weighted by atomic mass is 32.1. The van der Waals surface area contributed by atoms with E-state index in [4.69, 9.17) is 12.2 Å². The predicted octanol–water partition coefficient (Wildman–Crippen LogP) is 3.49. The minimum absolute atomic E-state index is 0.0999. The third-order valence-corrected chi connectivity index (χ3v) is 4.39. The van der Waals surface area contributed by atoms with Crippen LogP contribution in [0.25, 0.3) is 0 Å². The molecule has 0 radical (unpaired) electrons. The molecule has 2 N–H and O–H groups in total. The van der Waals surface area contributed by atoms with E-state index in [9.17, 15) is 14.4 Å². The number of unbranched alkanes of at least 4 members (excludes halogenated alkanes) is 1. The molecular weight excluding hydrogens is 362 g/mol. The third kappa shape index (κ3) is 3.88. The van der Waals surface area contributed by atoms with Gasteiger partial charge in [0.2, 0.25) is 5.91 Å². The Morgan fingerprint density at radius 1 is 1.04 bits per heavy atom. The van der Waals surface area contributed by atoms with Crippen molar-refractivity contribution >= 4 is 46.4 Å². The molecule has 2 aromatic carbocycles. The van der Waals surface area contributed by atoms with Crippen LogP contribution < -0.4 is 15.5 Å². The number of carbonyl (C=O) groups is 3. The van der Waals surface area contributed by atoms with Crippen LogP contribution in [0.15, 0.2) is 48.5 Å². The number of anilines is 2. The number of rotatable bonds is 5. The lowest BCUT2D eigenvalue weighted by atomic mass is 10.1. The van der Waals surface area contributed by atoms with Gasteiger partial charge in [-0.05, 0) is 42.9 Å². The fourth-order valence-electron chi connectivity index (χ4n) is 2.88. The van der Waals surface area contributed by atoms with Crippen LogP contribution in [0.1, 0.15) is 46.9 Å². The minimum Gasteiger partial charge on any atom is -0.332 e. The van der Waals surface area contributed by atoms with Crippen LogP contribution in [-0.4, -0.2) is 22.8 Å². The van der Waals surface area contributed by atoms with E-state index in [0.717, 1.165) is 17.7 Å². The van der Waals surface area contributed by atoms with Crippen LogP contribution in [0.4, 0.5) is 11.4 Å². The van der Waals surface area contributed by atoms with Crippen molar-refractivity contribution in [2.75, 3.05) is 10.2 Å². The Hall–Kier alpha value is -3.06. The highest BCUT2D eigenvalue weighted by Gasteiger charge is 2.38. The maximum absolute atomic E-state index is 12.9. The van der Waals surface area contributed by atoms with E-state index >= 15 is 0 Å². The number of benzene rings is 2. The van der Waals surface area contributed by atoms with Crippen LogP contribution >= 0.6 is 12.2 Å². The molecule has 0 atom stereocenters. The molecule has 6 nitrogen and oxygen atoms in total. The van der Waals surface area contributed by atoms with E-state index in [2.05, 4.69) is 10.6 Å². The van der Waals surface area contributed by atoms with Crippen molar-refractivity contribution in [1.29, 1.82) is 0 Å². The summed E-state index contributed by atoms with van der Waals surface area (Å²) in [7, 11) is 0. The quantitative estimate of drug-likeness (QED) is 0.612. The summed E-state index contributed by atoms with van der Waals surface area (Å²) in [5.74, 6) is -0.998. The molecule has 7 heteroatoms. The van der Waals surface area contributed by atoms with Crippen LogP contribution in [0.2, 0.25) is 0 Å². The summed E-state index contributed by atoms with van der Waals surface area (Å²) in [4.78, 5) is 38.6. The molecule has 1 heterocycles. The van der Waals surface area contributed by atoms with Gasteiger partial charge in [0, 0.05) is 6.42 Å². The Kier molecular flexibility index (Phi) is 5.61. The molecule has 3 rings (SSSR count). The smallest absolute Gasteiger partial charge is 0.268 e. The third-order valence-electron chi connectivity index (χ3n) is 4.19. The summed E-state index contributed by atoms with van der Waals surface area (Å²) < 4.78 is 0. The molecule has 27 heavy (non-hydrogen) atoms. The summed E-state index contributed by atoms with van der Waals surface area (Å²) in [6.45, 7) is 2.00. The van der Waals surface area contributed by atoms with Gasteiger partial charge in [0.15, 0.2) is 5.11 Å². The fraction of sp³-hybridized carbons (Fsp3) is 0.200. The lowest BCUT2D eigenvalue weighted by molar-refractivity contribution is -0.119. The van der Waals surface area contributed by atoms with E-state index in [0.29, 0.717) is 23.4 Å². The number of nitrogens with one attached hydrogen (secondary N) is 2. The van der Waals surface area contributed by atoms with Gasteiger partial charge in [-0.3, -0.25) is 14.4 Å². The van der Waals surface area contributed by atoms with Gasteiger partial charge in [-0.25, -0.2) is 4.90 Å².